The summed E-state index contributed by atoms with van der Waals surface area (Å²) in [6.07, 6.45) is 3.63. The van der Waals surface area contributed by atoms with Gasteiger partial charge in [-0.25, -0.2) is 4.99 Å². The first-order valence-electron chi connectivity index (χ1n) is 10.1. The Hall–Kier alpha value is -2.41. The van der Waals surface area contributed by atoms with Crippen LogP contribution in [0.2, 0.25) is 0 Å². The van der Waals surface area contributed by atoms with E-state index in [-0.39, 0.29) is 35.8 Å². The number of hydrogen-bond acceptors (Lipinski definition) is 6. The van der Waals surface area contributed by atoms with Gasteiger partial charge >= 0.3 is 5.69 Å². The molecule has 1 aromatic heterocycles. The minimum absolute atomic E-state index is 0. The number of nitrogens with zero attached hydrogens (tertiary/aromatic N) is 4. The van der Waals surface area contributed by atoms with E-state index in [2.05, 4.69) is 20.7 Å². The van der Waals surface area contributed by atoms with Crippen LogP contribution in [0.3, 0.4) is 0 Å². The Morgan fingerprint density at radius 1 is 1.45 bits per heavy atom. The molecule has 1 aromatic carbocycles. The Kier molecular flexibility index (Phi) is 9.98. The van der Waals surface area contributed by atoms with E-state index >= 15 is 0 Å². The Bertz CT molecular complexity index is 882. The number of halogens is 1. The van der Waals surface area contributed by atoms with E-state index < -0.39 is 4.92 Å². The molecule has 0 saturated carbocycles. The minimum Gasteiger partial charge on any atom is -0.488 e. The van der Waals surface area contributed by atoms with Crippen LogP contribution in [-0.4, -0.2) is 53.1 Å². The van der Waals surface area contributed by atoms with Crippen LogP contribution in [0.4, 0.5) is 5.69 Å². The number of nitrogens with one attached hydrogen (secondary N) is 2. The lowest BCUT2D eigenvalue weighted by Crippen LogP contribution is -2.38. The average molecular weight is 544 g/mol. The van der Waals surface area contributed by atoms with Crippen molar-refractivity contribution in [3.8, 4) is 5.75 Å². The molecule has 2 heterocycles. The van der Waals surface area contributed by atoms with Gasteiger partial charge in [0.15, 0.2) is 5.96 Å². The lowest BCUT2D eigenvalue weighted by Gasteiger charge is -2.16. The molecule has 1 fully saturated rings. The summed E-state index contributed by atoms with van der Waals surface area (Å²) >= 11 is 0. The van der Waals surface area contributed by atoms with E-state index in [9.17, 15) is 10.1 Å². The van der Waals surface area contributed by atoms with Crippen LogP contribution in [0, 0.1) is 17.0 Å². The van der Waals surface area contributed by atoms with Crippen LogP contribution < -0.4 is 15.4 Å². The highest BCUT2D eigenvalue weighted by Gasteiger charge is 2.18. The van der Waals surface area contributed by atoms with Crippen molar-refractivity contribution >= 4 is 35.6 Å². The maximum absolute atomic E-state index is 10.7. The van der Waals surface area contributed by atoms with Crippen LogP contribution in [0.25, 0.3) is 0 Å². The monoisotopic (exact) mass is 544 g/mol. The largest absolute Gasteiger partial charge is 0.488 e. The highest BCUT2D eigenvalue weighted by molar-refractivity contribution is 14.0. The lowest BCUT2D eigenvalue weighted by atomic mass is 10.1. The molecule has 1 aliphatic heterocycles. The molecule has 1 atom stereocenters. The van der Waals surface area contributed by atoms with E-state index in [0.29, 0.717) is 32.2 Å². The second kappa shape index (κ2) is 12.4. The highest BCUT2D eigenvalue weighted by Crippen LogP contribution is 2.24. The van der Waals surface area contributed by atoms with Crippen molar-refractivity contribution < 1.29 is 14.4 Å². The molecule has 31 heavy (non-hydrogen) atoms. The van der Waals surface area contributed by atoms with Crippen molar-refractivity contribution in [2.75, 3.05) is 26.3 Å². The third kappa shape index (κ3) is 7.65. The molecule has 0 bridgehead atoms. The molecule has 170 valence electrons. The average Bonchev–Trinajstić information content (AvgIpc) is 3.39. The third-order valence-electron chi connectivity index (χ3n) is 4.62. The first-order valence-corrected chi connectivity index (χ1v) is 10.1. The van der Waals surface area contributed by atoms with Crippen molar-refractivity contribution in [1.82, 2.24) is 20.4 Å². The summed E-state index contributed by atoms with van der Waals surface area (Å²) in [6, 6.07) is 6.12. The van der Waals surface area contributed by atoms with Crippen LogP contribution >= 0.6 is 24.0 Å². The van der Waals surface area contributed by atoms with Crippen LogP contribution in [0.1, 0.15) is 24.5 Å². The standard InChI is InChI=1S/C20H28N6O4.HI/c1-3-21-20(22-7-8-25-13-17(12-24-25)26(27)28)23-11-16-5-4-15(2)10-19(16)30-18-6-9-29-14-18;/h4-5,10,12-13,18H,3,6-9,11,14H2,1-2H3,(H2,21,22,23);1H. The Labute approximate surface area is 198 Å². The second-order valence-electron chi connectivity index (χ2n) is 7.06. The molecule has 1 saturated heterocycles. The molecule has 2 aromatic rings. The van der Waals surface area contributed by atoms with Crippen molar-refractivity contribution in [2.45, 2.75) is 39.5 Å². The van der Waals surface area contributed by atoms with Crippen molar-refractivity contribution in [1.29, 1.82) is 0 Å². The molecular weight excluding hydrogens is 515 g/mol. The summed E-state index contributed by atoms with van der Waals surface area (Å²) < 4.78 is 13.1. The molecule has 0 radical (unpaired) electrons. The minimum atomic E-state index is -0.457. The number of rotatable bonds is 9. The fraction of sp³-hybridized carbons (Fsp3) is 0.500. The smallest absolute Gasteiger partial charge is 0.306 e. The summed E-state index contributed by atoms with van der Waals surface area (Å²) in [6.45, 7) is 7.58. The first kappa shape index (κ1) is 24.9. The van der Waals surface area contributed by atoms with Gasteiger partial charge in [-0.15, -0.1) is 24.0 Å². The fourth-order valence-electron chi connectivity index (χ4n) is 3.05. The van der Waals surface area contributed by atoms with Crippen LogP contribution in [0.5, 0.6) is 5.75 Å². The maximum Gasteiger partial charge on any atom is 0.306 e. The SMILES string of the molecule is CCNC(=NCc1ccc(C)cc1OC1CCOC1)NCCn1cc([N+](=O)[O-])cn1.I. The van der Waals surface area contributed by atoms with Crippen molar-refractivity contribution in [2.24, 2.45) is 4.99 Å². The summed E-state index contributed by atoms with van der Waals surface area (Å²) in [5.41, 5.74) is 2.12. The molecular formula is C20H29IN6O4. The Morgan fingerprint density at radius 2 is 2.29 bits per heavy atom. The van der Waals surface area contributed by atoms with Gasteiger partial charge in [-0.1, -0.05) is 12.1 Å². The third-order valence-corrected chi connectivity index (χ3v) is 4.62. The maximum atomic E-state index is 10.7. The molecule has 0 spiro atoms. The van der Waals surface area contributed by atoms with Gasteiger partial charge in [0.2, 0.25) is 0 Å². The summed E-state index contributed by atoms with van der Waals surface area (Å²) in [5, 5.41) is 21.2. The zero-order valence-corrected chi connectivity index (χ0v) is 20.1. The van der Waals surface area contributed by atoms with Gasteiger partial charge in [0.25, 0.3) is 0 Å². The topological polar surface area (TPSA) is 116 Å². The summed E-state index contributed by atoms with van der Waals surface area (Å²) in [4.78, 5) is 15.0. The van der Waals surface area contributed by atoms with E-state index in [1.165, 1.54) is 17.1 Å². The molecule has 1 unspecified atom stereocenters. The molecule has 11 heteroatoms. The van der Waals surface area contributed by atoms with Gasteiger partial charge in [0, 0.05) is 25.1 Å². The number of aromatic nitrogens is 2. The number of nitro groups is 1. The predicted octanol–water partition coefficient (Wildman–Crippen LogP) is 2.64. The molecule has 0 aliphatic carbocycles. The van der Waals surface area contributed by atoms with Gasteiger partial charge in [-0.05, 0) is 25.5 Å². The first-order chi connectivity index (χ1) is 14.5. The Morgan fingerprint density at radius 3 is 2.97 bits per heavy atom. The van der Waals surface area contributed by atoms with Crippen LogP contribution in [0.15, 0.2) is 35.6 Å². The number of benzene rings is 1. The molecule has 1 aliphatic rings. The van der Waals surface area contributed by atoms with E-state index in [1.54, 1.807) is 0 Å². The van der Waals surface area contributed by atoms with Gasteiger partial charge in [0.05, 0.1) is 31.2 Å². The van der Waals surface area contributed by atoms with E-state index in [4.69, 9.17) is 9.47 Å². The Balaban J connectivity index is 0.00000341. The summed E-state index contributed by atoms with van der Waals surface area (Å²) in [7, 11) is 0. The molecule has 10 nitrogen and oxygen atoms in total. The van der Waals surface area contributed by atoms with Gasteiger partial charge < -0.3 is 20.1 Å². The second-order valence-corrected chi connectivity index (χ2v) is 7.06. The zero-order chi connectivity index (χ0) is 21.3. The summed E-state index contributed by atoms with van der Waals surface area (Å²) in [5.74, 6) is 1.50. The quantitative estimate of drug-likeness (QED) is 0.164. The normalized spacial score (nSPS) is 15.9. The molecule has 2 N–H and O–H groups in total. The molecule has 0 amide bonds. The van der Waals surface area contributed by atoms with Crippen molar-refractivity contribution in [3.05, 3.63) is 51.8 Å². The number of aliphatic imine (C=N–C) groups is 1. The fourth-order valence-corrected chi connectivity index (χ4v) is 3.05. The van der Waals surface area contributed by atoms with E-state index in [1.807, 2.05) is 32.0 Å². The number of ether oxygens (including phenoxy) is 2. The number of hydrogen-bond donors (Lipinski definition) is 2. The number of guanidine groups is 1. The predicted molar refractivity (Wildman–Crippen MR) is 128 cm³/mol. The molecule has 3 rings (SSSR count). The van der Waals surface area contributed by atoms with Gasteiger partial charge in [-0.2, -0.15) is 5.10 Å². The number of aryl methyl sites for hydroxylation is 1. The van der Waals surface area contributed by atoms with Gasteiger partial charge in [-0.3, -0.25) is 14.8 Å². The highest BCUT2D eigenvalue weighted by atomic mass is 127. The zero-order valence-electron chi connectivity index (χ0n) is 17.7. The van der Waals surface area contributed by atoms with E-state index in [0.717, 1.165) is 36.4 Å². The lowest BCUT2D eigenvalue weighted by molar-refractivity contribution is -0.385. The van der Waals surface area contributed by atoms with Gasteiger partial charge in [0.1, 0.15) is 24.2 Å². The van der Waals surface area contributed by atoms with Crippen LogP contribution in [-0.2, 0) is 17.8 Å². The van der Waals surface area contributed by atoms with Crippen molar-refractivity contribution in [3.63, 3.8) is 0 Å².